The zero-order valence-electron chi connectivity index (χ0n) is 12.6. The fourth-order valence-electron chi connectivity index (χ4n) is 3.00. The highest BCUT2D eigenvalue weighted by atomic mass is 32.2. The summed E-state index contributed by atoms with van der Waals surface area (Å²) in [7, 11) is -3.11. The second-order valence-electron chi connectivity index (χ2n) is 5.92. The third-order valence-corrected chi connectivity index (χ3v) is 5.72. The number of aliphatic hydroxyl groups excluding tert-OH is 1. The van der Waals surface area contributed by atoms with E-state index < -0.39 is 15.9 Å². The Bertz CT molecular complexity index is 528. The molecule has 1 aliphatic rings. The Hall–Kier alpha value is -0.910. The van der Waals surface area contributed by atoms with Crippen molar-refractivity contribution in [2.45, 2.75) is 44.1 Å². The van der Waals surface area contributed by atoms with Crippen molar-refractivity contribution >= 4 is 9.84 Å². The van der Waals surface area contributed by atoms with Crippen LogP contribution in [0.3, 0.4) is 0 Å². The van der Waals surface area contributed by atoms with Gasteiger partial charge in [-0.15, -0.1) is 0 Å². The summed E-state index contributed by atoms with van der Waals surface area (Å²) >= 11 is 0. The molecule has 118 valence electrons. The molecule has 2 atom stereocenters. The number of hydrogen-bond donors (Lipinski definition) is 1. The normalized spacial score (nSPS) is 22.1. The van der Waals surface area contributed by atoms with Gasteiger partial charge in [-0.2, -0.15) is 0 Å². The first kappa shape index (κ1) is 16.5. The van der Waals surface area contributed by atoms with Gasteiger partial charge in [-0.25, -0.2) is 8.42 Å². The van der Waals surface area contributed by atoms with Gasteiger partial charge in [0.05, 0.1) is 17.6 Å². The molecule has 1 aromatic carbocycles. The van der Waals surface area contributed by atoms with Crippen LogP contribution in [0.2, 0.25) is 0 Å². The van der Waals surface area contributed by atoms with Crippen LogP contribution in [-0.4, -0.2) is 49.4 Å². The lowest BCUT2D eigenvalue weighted by Gasteiger charge is -2.37. The summed E-state index contributed by atoms with van der Waals surface area (Å²) in [6.07, 6.45) is 2.75. The van der Waals surface area contributed by atoms with Gasteiger partial charge in [0.15, 0.2) is 9.84 Å². The maximum atomic E-state index is 12.2. The van der Waals surface area contributed by atoms with Gasteiger partial charge in [-0.05, 0) is 31.9 Å². The van der Waals surface area contributed by atoms with Crippen LogP contribution in [0.4, 0.5) is 0 Å². The molecular formula is C16H25NO3S. The maximum Gasteiger partial charge on any atom is 0.155 e. The first-order valence-corrected chi connectivity index (χ1v) is 9.46. The third kappa shape index (κ3) is 5.09. The van der Waals surface area contributed by atoms with Crippen LogP contribution in [0, 0.1) is 0 Å². The van der Waals surface area contributed by atoms with E-state index in [1.54, 1.807) is 6.92 Å². The molecule has 0 saturated carbocycles. The molecule has 0 aromatic heterocycles. The number of rotatable bonds is 6. The van der Waals surface area contributed by atoms with Crippen LogP contribution >= 0.6 is 0 Å². The monoisotopic (exact) mass is 311 g/mol. The summed E-state index contributed by atoms with van der Waals surface area (Å²) < 4.78 is 24.5. The zero-order valence-corrected chi connectivity index (χ0v) is 13.4. The minimum absolute atomic E-state index is 0.0982. The van der Waals surface area contributed by atoms with Gasteiger partial charge in [0.25, 0.3) is 0 Å². The van der Waals surface area contributed by atoms with Gasteiger partial charge in [0, 0.05) is 12.6 Å². The summed E-state index contributed by atoms with van der Waals surface area (Å²) in [5.41, 5.74) is 0.836. The first-order chi connectivity index (χ1) is 9.98. The van der Waals surface area contributed by atoms with Crippen LogP contribution < -0.4 is 0 Å². The zero-order chi connectivity index (χ0) is 15.3. The number of aliphatic hydroxyl groups is 1. The molecule has 1 aliphatic heterocycles. The molecule has 4 nitrogen and oxygen atoms in total. The molecular weight excluding hydrogens is 286 g/mol. The minimum atomic E-state index is -3.11. The summed E-state index contributed by atoms with van der Waals surface area (Å²) in [4.78, 5) is 2.14. The number of sulfone groups is 1. The number of likely N-dealkylation sites (tertiary alicyclic amines) is 1. The first-order valence-electron chi connectivity index (χ1n) is 7.64. The molecule has 0 unspecified atom stereocenters. The lowest BCUT2D eigenvalue weighted by atomic mass is 9.98. The van der Waals surface area contributed by atoms with E-state index >= 15 is 0 Å². The van der Waals surface area contributed by atoms with E-state index in [9.17, 15) is 13.5 Å². The van der Waals surface area contributed by atoms with E-state index in [1.807, 2.05) is 30.3 Å². The van der Waals surface area contributed by atoms with Gasteiger partial charge >= 0.3 is 0 Å². The molecule has 0 bridgehead atoms. The molecule has 0 aliphatic carbocycles. The van der Waals surface area contributed by atoms with Gasteiger partial charge in [-0.1, -0.05) is 36.8 Å². The molecule has 2 rings (SSSR count). The van der Waals surface area contributed by atoms with E-state index in [-0.39, 0.29) is 17.5 Å². The Kier molecular flexibility index (Phi) is 5.79. The fraction of sp³-hybridized carbons (Fsp3) is 0.625. The smallest absolute Gasteiger partial charge is 0.155 e. The van der Waals surface area contributed by atoms with Crippen LogP contribution in [-0.2, 0) is 15.6 Å². The number of piperidine rings is 1. The highest BCUT2D eigenvalue weighted by molar-refractivity contribution is 7.90. The summed E-state index contributed by atoms with van der Waals surface area (Å²) in [6, 6.07) is 9.40. The Labute approximate surface area is 127 Å². The number of nitrogens with zero attached hydrogens (tertiary/aromatic N) is 1. The lowest BCUT2D eigenvalue weighted by molar-refractivity contribution is 0.0403. The third-order valence-electron chi connectivity index (χ3n) is 4.14. The van der Waals surface area contributed by atoms with Gasteiger partial charge in [0.2, 0.25) is 0 Å². The van der Waals surface area contributed by atoms with Crippen molar-refractivity contribution in [1.29, 1.82) is 0 Å². The van der Waals surface area contributed by atoms with Crippen molar-refractivity contribution in [3.63, 3.8) is 0 Å². The topological polar surface area (TPSA) is 57.6 Å². The molecule has 0 amide bonds. The van der Waals surface area contributed by atoms with E-state index in [0.29, 0.717) is 6.54 Å². The molecule has 1 aromatic rings. The van der Waals surface area contributed by atoms with Gasteiger partial charge in [-0.3, -0.25) is 4.90 Å². The second kappa shape index (κ2) is 7.38. The predicted molar refractivity (Wildman–Crippen MR) is 84.8 cm³/mol. The van der Waals surface area contributed by atoms with Crippen LogP contribution in [0.5, 0.6) is 0 Å². The Morgan fingerprint density at radius 3 is 2.67 bits per heavy atom. The standard InChI is InChI=1S/C16H25NO3S/c1-14(18)16-9-5-6-10-17(16)11-12-21(19,20)13-15-7-3-2-4-8-15/h2-4,7-8,14,16,18H,5-6,9-13H2,1H3/t14-,16-/m1/s1. The van der Waals surface area contributed by atoms with Gasteiger partial charge < -0.3 is 5.11 Å². The molecule has 21 heavy (non-hydrogen) atoms. The molecule has 1 N–H and O–H groups in total. The van der Waals surface area contributed by atoms with Crippen LogP contribution in [0.15, 0.2) is 30.3 Å². The molecule has 0 spiro atoms. The molecule has 1 fully saturated rings. The average molecular weight is 311 g/mol. The minimum Gasteiger partial charge on any atom is -0.392 e. The molecule has 5 heteroatoms. The Balaban J connectivity index is 1.91. The van der Waals surface area contributed by atoms with Crippen LogP contribution in [0.1, 0.15) is 31.7 Å². The summed E-state index contributed by atoms with van der Waals surface area (Å²) in [5.74, 6) is 0.256. The lowest BCUT2D eigenvalue weighted by Crippen LogP contribution is -2.47. The highest BCUT2D eigenvalue weighted by Crippen LogP contribution is 2.20. The van der Waals surface area contributed by atoms with Crippen LogP contribution in [0.25, 0.3) is 0 Å². The average Bonchev–Trinajstić information content (AvgIpc) is 2.46. The van der Waals surface area contributed by atoms with E-state index in [0.717, 1.165) is 31.4 Å². The van der Waals surface area contributed by atoms with Crippen molar-refractivity contribution < 1.29 is 13.5 Å². The van der Waals surface area contributed by atoms with Crippen molar-refractivity contribution in [1.82, 2.24) is 4.90 Å². The van der Waals surface area contributed by atoms with Crippen molar-refractivity contribution in [2.75, 3.05) is 18.8 Å². The fourth-order valence-corrected chi connectivity index (χ4v) is 4.35. The Morgan fingerprint density at radius 2 is 2.00 bits per heavy atom. The van der Waals surface area contributed by atoms with E-state index in [1.165, 1.54) is 0 Å². The van der Waals surface area contributed by atoms with Crippen molar-refractivity contribution in [2.24, 2.45) is 0 Å². The SMILES string of the molecule is C[C@@H](O)[C@H]1CCCCN1CCS(=O)(=O)Cc1ccccc1. The number of benzene rings is 1. The highest BCUT2D eigenvalue weighted by Gasteiger charge is 2.27. The number of hydrogen-bond acceptors (Lipinski definition) is 4. The molecule has 1 saturated heterocycles. The van der Waals surface area contributed by atoms with E-state index in [4.69, 9.17) is 0 Å². The Morgan fingerprint density at radius 1 is 1.29 bits per heavy atom. The quantitative estimate of drug-likeness (QED) is 0.871. The predicted octanol–water partition coefficient (Wildman–Crippen LogP) is 1.84. The molecule has 0 radical (unpaired) electrons. The van der Waals surface area contributed by atoms with E-state index in [2.05, 4.69) is 4.90 Å². The summed E-state index contributed by atoms with van der Waals surface area (Å²) in [5, 5.41) is 9.82. The van der Waals surface area contributed by atoms with Crippen molar-refractivity contribution in [3.8, 4) is 0 Å². The van der Waals surface area contributed by atoms with Gasteiger partial charge in [0.1, 0.15) is 0 Å². The molecule has 1 heterocycles. The maximum absolute atomic E-state index is 12.2. The largest absolute Gasteiger partial charge is 0.392 e. The van der Waals surface area contributed by atoms with Crippen molar-refractivity contribution in [3.05, 3.63) is 35.9 Å². The summed E-state index contributed by atoms with van der Waals surface area (Å²) in [6.45, 7) is 3.20. The second-order valence-corrected chi connectivity index (χ2v) is 8.10.